The average Bonchev–Trinajstić information content (AvgIpc) is 2.99. The molecular formula is C28H24O20Zr. The molecule has 0 amide bonds. The monoisotopic (exact) mass is 770 g/mol. The minimum absolute atomic E-state index is 0. The van der Waals surface area contributed by atoms with Gasteiger partial charge in [0.05, 0.1) is 22.3 Å². The number of carboxylic acid groups (broad SMARTS) is 4. The maximum Gasteiger partial charge on any atom is 0.335 e. The molecule has 0 fully saturated rings. The minimum atomic E-state index is -1.29. The summed E-state index contributed by atoms with van der Waals surface area (Å²) in [4.78, 5) is 41.3. The van der Waals surface area contributed by atoms with Crippen molar-refractivity contribution in [1.29, 1.82) is 0 Å². The van der Waals surface area contributed by atoms with Crippen LogP contribution in [-0.2, 0) is 26.2 Å². The zero-order valence-electron chi connectivity index (χ0n) is 23.9. The number of carbonyl (C=O) groups is 4. The number of aromatic carboxylic acids is 4. The smallest absolute Gasteiger partial charge is 0.335 e. The Labute approximate surface area is 290 Å². The van der Waals surface area contributed by atoms with Crippen molar-refractivity contribution in [2.75, 3.05) is 0 Å². The summed E-state index contributed by atoms with van der Waals surface area (Å²) >= 11 is 0. The molecule has 4 rings (SSSR count). The number of rotatable bonds is 4. The second kappa shape index (κ2) is 17.8. The third kappa shape index (κ3) is 11.8. The van der Waals surface area contributed by atoms with Gasteiger partial charge in [-0.3, -0.25) is 0 Å². The second-order valence-corrected chi connectivity index (χ2v) is 8.67. The SMILES string of the molecule is O=C(O)c1cc(O)c(O)c(O)c1.O=C(O)c1cc(O)c(O)c(O)c1.O=C(O)c1cc(O)c(O)c(O)c1.O=C(O)c1cc(O)c(O)c(O)c1.[Zr]. The Hall–Kier alpha value is -6.76. The summed E-state index contributed by atoms with van der Waals surface area (Å²) in [5.74, 6) is -13.3. The average molecular weight is 772 g/mol. The molecule has 0 aliphatic heterocycles. The van der Waals surface area contributed by atoms with E-state index >= 15 is 0 Å². The Balaban J connectivity index is 0.000000623. The normalized spacial score (nSPS) is 9.47. The molecule has 0 heterocycles. The summed E-state index contributed by atoms with van der Waals surface area (Å²) in [5, 5.41) is 140. The molecule has 0 radical (unpaired) electrons. The van der Waals surface area contributed by atoms with Gasteiger partial charge in [0.1, 0.15) is 0 Å². The molecule has 0 unspecified atom stereocenters. The van der Waals surface area contributed by atoms with Gasteiger partial charge in [0, 0.05) is 26.2 Å². The number of aromatic hydroxyl groups is 12. The van der Waals surface area contributed by atoms with Gasteiger partial charge in [-0.2, -0.15) is 0 Å². The minimum Gasteiger partial charge on any atom is -0.504 e. The van der Waals surface area contributed by atoms with Crippen LogP contribution >= 0.6 is 0 Å². The third-order valence-corrected chi connectivity index (χ3v) is 5.27. The fraction of sp³-hybridized carbons (Fsp3) is 0. The van der Waals surface area contributed by atoms with E-state index in [2.05, 4.69) is 0 Å². The molecule has 4 aromatic carbocycles. The molecule has 260 valence electrons. The molecule has 4 aromatic rings. The van der Waals surface area contributed by atoms with E-state index in [4.69, 9.17) is 81.7 Å². The summed E-state index contributed by atoms with van der Waals surface area (Å²) < 4.78 is 0. The summed E-state index contributed by atoms with van der Waals surface area (Å²) in [5.41, 5.74) is -1.16. The summed E-state index contributed by atoms with van der Waals surface area (Å²) in [7, 11) is 0. The quantitative estimate of drug-likeness (QED) is 0.132. The first-order valence-electron chi connectivity index (χ1n) is 12.0. The van der Waals surface area contributed by atoms with Gasteiger partial charge in [-0.1, -0.05) is 0 Å². The molecule has 0 aliphatic carbocycles. The first kappa shape index (κ1) is 42.2. The number of carboxylic acids is 4. The third-order valence-electron chi connectivity index (χ3n) is 5.27. The fourth-order valence-electron chi connectivity index (χ4n) is 2.91. The summed E-state index contributed by atoms with van der Waals surface area (Å²) in [6.45, 7) is 0. The molecule has 0 bridgehead atoms. The van der Waals surface area contributed by atoms with Crippen LogP contribution in [-0.4, -0.2) is 106 Å². The topological polar surface area (TPSA) is 392 Å². The van der Waals surface area contributed by atoms with Crippen LogP contribution in [0.25, 0.3) is 0 Å². The van der Waals surface area contributed by atoms with Crippen molar-refractivity contribution in [3.63, 3.8) is 0 Å². The predicted molar refractivity (Wildman–Crippen MR) is 154 cm³/mol. The number of phenolic OH excluding ortho intramolecular Hbond substituents is 12. The van der Waals surface area contributed by atoms with Crippen molar-refractivity contribution in [3.8, 4) is 69.0 Å². The van der Waals surface area contributed by atoms with E-state index in [0.29, 0.717) is 0 Å². The number of hydrogen-bond acceptors (Lipinski definition) is 16. The van der Waals surface area contributed by atoms with E-state index < -0.39 is 92.9 Å². The summed E-state index contributed by atoms with van der Waals surface area (Å²) in [6.07, 6.45) is 0. The van der Waals surface area contributed by atoms with E-state index in [1.807, 2.05) is 0 Å². The molecule has 0 saturated carbocycles. The zero-order chi connectivity index (χ0) is 37.2. The van der Waals surface area contributed by atoms with Gasteiger partial charge >= 0.3 is 23.9 Å². The maximum absolute atomic E-state index is 10.3. The molecule has 0 atom stereocenters. The largest absolute Gasteiger partial charge is 0.504 e. The van der Waals surface area contributed by atoms with Crippen LogP contribution in [0.1, 0.15) is 41.4 Å². The van der Waals surface area contributed by atoms with Crippen molar-refractivity contribution in [1.82, 2.24) is 0 Å². The Morgan fingerprint density at radius 2 is 0.388 bits per heavy atom. The van der Waals surface area contributed by atoms with Gasteiger partial charge < -0.3 is 81.7 Å². The van der Waals surface area contributed by atoms with Gasteiger partial charge in [0.25, 0.3) is 0 Å². The van der Waals surface area contributed by atoms with Gasteiger partial charge in [-0.05, 0) is 48.5 Å². The number of phenols is 12. The standard InChI is InChI=1S/4C7H6O5.Zr/c4*8-4-1-3(7(11)12)2-5(9)6(4)10;/h4*1-2,8-10H,(H,11,12);. The van der Waals surface area contributed by atoms with Crippen LogP contribution in [0.2, 0.25) is 0 Å². The molecule has 21 heteroatoms. The van der Waals surface area contributed by atoms with E-state index in [9.17, 15) is 19.2 Å². The first-order valence-corrected chi connectivity index (χ1v) is 12.0. The number of hydrogen-bond donors (Lipinski definition) is 16. The molecule has 20 nitrogen and oxygen atoms in total. The van der Waals surface area contributed by atoms with Gasteiger partial charge in [0.15, 0.2) is 69.0 Å². The van der Waals surface area contributed by atoms with Gasteiger partial charge in [-0.25, -0.2) is 19.2 Å². The number of benzene rings is 4. The Kier molecular flexibility index (Phi) is 15.4. The van der Waals surface area contributed by atoms with Crippen molar-refractivity contribution < 1.29 is 127 Å². The van der Waals surface area contributed by atoms with Gasteiger partial charge in [0.2, 0.25) is 0 Å². The molecule has 0 aliphatic rings. The Morgan fingerprint density at radius 1 is 0.286 bits per heavy atom. The van der Waals surface area contributed by atoms with E-state index in [0.717, 1.165) is 48.5 Å². The van der Waals surface area contributed by atoms with E-state index in [1.54, 1.807) is 0 Å². The van der Waals surface area contributed by atoms with Crippen molar-refractivity contribution in [3.05, 3.63) is 70.8 Å². The van der Waals surface area contributed by atoms with Crippen LogP contribution < -0.4 is 0 Å². The Bertz CT molecular complexity index is 1510. The maximum atomic E-state index is 10.3. The van der Waals surface area contributed by atoms with Crippen LogP contribution in [0.3, 0.4) is 0 Å². The van der Waals surface area contributed by atoms with Crippen LogP contribution in [0, 0.1) is 0 Å². The Morgan fingerprint density at radius 3 is 0.469 bits per heavy atom. The van der Waals surface area contributed by atoms with Crippen LogP contribution in [0.4, 0.5) is 0 Å². The summed E-state index contributed by atoms with van der Waals surface area (Å²) in [6, 6.07) is 6.76. The predicted octanol–water partition coefficient (Wildman–Crippen LogP) is 2.00. The van der Waals surface area contributed by atoms with Gasteiger partial charge in [-0.15, -0.1) is 0 Å². The van der Waals surface area contributed by atoms with Crippen molar-refractivity contribution >= 4 is 23.9 Å². The molecule has 16 N–H and O–H groups in total. The van der Waals surface area contributed by atoms with Crippen molar-refractivity contribution in [2.24, 2.45) is 0 Å². The van der Waals surface area contributed by atoms with E-state index in [-0.39, 0.29) is 48.5 Å². The molecule has 49 heavy (non-hydrogen) atoms. The molecule has 0 spiro atoms. The fourth-order valence-corrected chi connectivity index (χ4v) is 2.91. The van der Waals surface area contributed by atoms with Crippen LogP contribution in [0.15, 0.2) is 48.5 Å². The molecular weight excluding hydrogens is 748 g/mol. The molecule has 0 saturated heterocycles. The first-order chi connectivity index (χ1) is 22.1. The molecule has 0 aromatic heterocycles. The van der Waals surface area contributed by atoms with Crippen molar-refractivity contribution in [2.45, 2.75) is 0 Å². The second-order valence-electron chi connectivity index (χ2n) is 8.67. The van der Waals surface area contributed by atoms with Crippen LogP contribution in [0.5, 0.6) is 69.0 Å². The van der Waals surface area contributed by atoms with E-state index in [1.165, 1.54) is 0 Å². The zero-order valence-corrected chi connectivity index (χ0v) is 26.4.